The number of anilines is 1. The van der Waals surface area contributed by atoms with E-state index in [2.05, 4.69) is 10.9 Å². The van der Waals surface area contributed by atoms with Gasteiger partial charge in [0.1, 0.15) is 5.82 Å². The summed E-state index contributed by atoms with van der Waals surface area (Å²) in [6.07, 6.45) is 0. The summed E-state index contributed by atoms with van der Waals surface area (Å²) in [5.41, 5.74) is 9.98. The van der Waals surface area contributed by atoms with E-state index in [0.717, 1.165) is 0 Å². The Bertz CT molecular complexity index is 272. The van der Waals surface area contributed by atoms with E-state index in [1.165, 1.54) is 24.3 Å². The van der Waals surface area contributed by atoms with Crippen molar-refractivity contribution < 1.29 is 9.18 Å². The Morgan fingerprint density at radius 2 is 1.92 bits per heavy atom. The fraction of sp³-hybridized carbons (Fsp3) is 0. The van der Waals surface area contributed by atoms with Gasteiger partial charge in [0.25, 0.3) is 0 Å². The van der Waals surface area contributed by atoms with Crippen molar-refractivity contribution in [2.45, 2.75) is 0 Å². The van der Waals surface area contributed by atoms with Gasteiger partial charge in [0.2, 0.25) is 0 Å². The molecule has 2 amide bonds. The third-order valence-electron chi connectivity index (χ3n) is 1.17. The van der Waals surface area contributed by atoms with Crippen LogP contribution >= 0.6 is 0 Å². The highest BCUT2D eigenvalue weighted by Crippen LogP contribution is 2.05. The van der Waals surface area contributed by atoms with Gasteiger partial charge in [-0.2, -0.15) is 0 Å². The highest BCUT2D eigenvalue weighted by Gasteiger charge is 1.92. The molecule has 0 fully saturated rings. The van der Waals surface area contributed by atoms with Gasteiger partial charge >= 0.3 is 6.03 Å². The number of urea groups is 1. The van der Waals surface area contributed by atoms with Crippen LogP contribution in [0.1, 0.15) is 0 Å². The maximum absolute atomic E-state index is 12.3. The molecule has 1 aromatic carbocycles. The Hall–Kier alpha value is -1.78. The van der Waals surface area contributed by atoms with Crippen molar-refractivity contribution in [2.24, 2.45) is 5.73 Å². The molecule has 64 valence electrons. The molecular weight excluding hydrogens is 161 g/mol. The van der Waals surface area contributed by atoms with Gasteiger partial charge in [-0.1, -0.05) is 0 Å². The van der Waals surface area contributed by atoms with Crippen LogP contribution in [-0.2, 0) is 0 Å². The maximum Gasteiger partial charge on any atom is 0.330 e. The van der Waals surface area contributed by atoms with Crippen molar-refractivity contribution in [2.75, 3.05) is 5.43 Å². The highest BCUT2D eigenvalue weighted by atomic mass is 19.1. The van der Waals surface area contributed by atoms with E-state index in [9.17, 15) is 9.18 Å². The second kappa shape index (κ2) is 3.56. The first kappa shape index (κ1) is 8.32. The fourth-order valence-electron chi connectivity index (χ4n) is 0.667. The summed E-state index contributed by atoms with van der Waals surface area (Å²) in [5, 5.41) is 0. The van der Waals surface area contributed by atoms with Crippen molar-refractivity contribution in [3.05, 3.63) is 30.1 Å². The SMILES string of the molecule is NC(=O)NNc1ccc(F)cc1. The van der Waals surface area contributed by atoms with Crippen molar-refractivity contribution in [1.82, 2.24) is 5.43 Å². The Balaban J connectivity index is 2.53. The lowest BCUT2D eigenvalue weighted by molar-refractivity contribution is 0.250. The molecule has 1 rings (SSSR count). The first-order valence-corrected chi connectivity index (χ1v) is 3.25. The maximum atomic E-state index is 12.3. The van der Waals surface area contributed by atoms with E-state index in [-0.39, 0.29) is 5.82 Å². The van der Waals surface area contributed by atoms with Gasteiger partial charge in [-0.3, -0.25) is 10.9 Å². The van der Waals surface area contributed by atoms with Gasteiger partial charge < -0.3 is 5.73 Å². The minimum Gasteiger partial charge on any atom is -0.350 e. The van der Waals surface area contributed by atoms with Crippen molar-refractivity contribution >= 4 is 11.7 Å². The van der Waals surface area contributed by atoms with Crippen LogP contribution in [0, 0.1) is 5.82 Å². The number of rotatable bonds is 2. The lowest BCUT2D eigenvalue weighted by Crippen LogP contribution is -2.34. The normalized spacial score (nSPS) is 9.08. The minimum absolute atomic E-state index is 0.334. The summed E-state index contributed by atoms with van der Waals surface area (Å²) < 4.78 is 12.3. The number of benzene rings is 1. The van der Waals surface area contributed by atoms with Crippen LogP contribution in [0.2, 0.25) is 0 Å². The predicted molar refractivity (Wildman–Crippen MR) is 42.7 cm³/mol. The molecule has 12 heavy (non-hydrogen) atoms. The number of nitrogens with one attached hydrogen (secondary N) is 2. The molecule has 0 spiro atoms. The standard InChI is InChI=1S/C7H8FN3O/c8-5-1-3-6(4-2-5)10-11-7(9)12/h1-4,10H,(H3,9,11,12). The van der Waals surface area contributed by atoms with Gasteiger partial charge in [0.15, 0.2) is 0 Å². The number of primary amides is 1. The molecule has 0 aliphatic carbocycles. The third kappa shape index (κ3) is 2.45. The fourth-order valence-corrected chi connectivity index (χ4v) is 0.667. The van der Waals surface area contributed by atoms with Gasteiger partial charge in [-0.05, 0) is 24.3 Å². The quantitative estimate of drug-likeness (QED) is 0.574. The lowest BCUT2D eigenvalue weighted by atomic mass is 10.3. The van der Waals surface area contributed by atoms with Crippen molar-refractivity contribution in [1.29, 1.82) is 0 Å². The first-order valence-electron chi connectivity index (χ1n) is 3.25. The largest absolute Gasteiger partial charge is 0.350 e. The van der Waals surface area contributed by atoms with E-state index < -0.39 is 6.03 Å². The van der Waals surface area contributed by atoms with Crippen molar-refractivity contribution in [3.8, 4) is 0 Å². The summed E-state index contributed by atoms with van der Waals surface area (Å²) in [5.74, 6) is -0.334. The van der Waals surface area contributed by atoms with Crippen molar-refractivity contribution in [3.63, 3.8) is 0 Å². The smallest absolute Gasteiger partial charge is 0.330 e. The number of carbonyl (C=O) groups is 1. The molecule has 4 nitrogen and oxygen atoms in total. The monoisotopic (exact) mass is 169 g/mol. The molecule has 0 radical (unpaired) electrons. The topological polar surface area (TPSA) is 67.2 Å². The number of hydrazine groups is 1. The molecule has 5 heteroatoms. The van der Waals surface area contributed by atoms with Gasteiger partial charge in [0.05, 0.1) is 5.69 Å². The van der Waals surface area contributed by atoms with E-state index >= 15 is 0 Å². The molecule has 0 bridgehead atoms. The van der Waals surface area contributed by atoms with Crippen LogP contribution in [0.3, 0.4) is 0 Å². The number of nitrogens with two attached hydrogens (primary N) is 1. The molecule has 1 aromatic rings. The van der Waals surface area contributed by atoms with Crippen LogP contribution < -0.4 is 16.6 Å². The van der Waals surface area contributed by atoms with Crippen LogP contribution in [-0.4, -0.2) is 6.03 Å². The molecule has 0 unspecified atom stereocenters. The molecule has 0 saturated heterocycles. The minimum atomic E-state index is -0.695. The zero-order valence-corrected chi connectivity index (χ0v) is 6.17. The molecule has 0 heterocycles. The number of halogens is 1. The number of carbonyl (C=O) groups excluding carboxylic acids is 1. The summed E-state index contributed by atoms with van der Waals surface area (Å²) in [6.45, 7) is 0. The summed E-state index contributed by atoms with van der Waals surface area (Å²) >= 11 is 0. The Labute approximate surface area is 68.5 Å². The van der Waals surface area contributed by atoms with Crippen LogP contribution in [0.15, 0.2) is 24.3 Å². The van der Waals surface area contributed by atoms with Gasteiger partial charge in [0, 0.05) is 0 Å². The average molecular weight is 169 g/mol. The van der Waals surface area contributed by atoms with Gasteiger partial charge in [-0.15, -0.1) is 0 Å². The van der Waals surface area contributed by atoms with E-state index in [1.807, 2.05) is 0 Å². The van der Waals surface area contributed by atoms with E-state index in [1.54, 1.807) is 0 Å². The molecule has 0 saturated carbocycles. The second-order valence-corrected chi connectivity index (χ2v) is 2.12. The number of hydrogen-bond donors (Lipinski definition) is 3. The third-order valence-corrected chi connectivity index (χ3v) is 1.17. The van der Waals surface area contributed by atoms with Crippen LogP contribution in [0.4, 0.5) is 14.9 Å². The summed E-state index contributed by atoms with van der Waals surface area (Å²) in [7, 11) is 0. The van der Waals surface area contributed by atoms with E-state index in [4.69, 9.17) is 5.73 Å². The zero-order valence-electron chi connectivity index (χ0n) is 6.17. The highest BCUT2D eigenvalue weighted by molar-refractivity contribution is 5.73. The molecule has 4 N–H and O–H groups in total. The summed E-state index contributed by atoms with van der Waals surface area (Å²) in [4.78, 5) is 10.2. The predicted octanol–water partition coefficient (Wildman–Crippen LogP) is 0.821. The Morgan fingerprint density at radius 3 is 2.42 bits per heavy atom. The number of amides is 2. The Kier molecular flexibility index (Phi) is 2.47. The summed E-state index contributed by atoms with van der Waals surface area (Å²) in [6, 6.07) is 4.80. The van der Waals surface area contributed by atoms with Gasteiger partial charge in [-0.25, -0.2) is 9.18 Å². The second-order valence-electron chi connectivity index (χ2n) is 2.12. The zero-order chi connectivity index (χ0) is 8.97. The molecule has 0 aromatic heterocycles. The van der Waals surface area contributed by atoms with Crippen LogP contribution in [0.25, 0.3) is 0 Å². The Morgan fingerprint density at radius 1 is 1.33 bits per heavy atom. The molecule has 0 aliphatic rings. The first-order chi connectivity index (χ1) is 5.68. The average Bonchev–Trinajstić information content (AvgIpc) is 2.03. The number of hydrogen-bond acceptors (Lipinski definition) is 2. The van der Waals surface area contributed by atoms with E-state index in [0.29, 0.717) is 5.69 Å². The molecule has 0 aliphatic heterocycles. The lowest BCUT2D eigenvalue weighted by Gasteiger charge is -2.04. The molecule has 0 atom stereocenters. The molecular formula is C7H8FN3O. The van der Waals surface area contributed by atoms with Crippen LogP contribution in [0.5, 0.6) is 0 Å².